The van der Waals surface area contributed by atoms with E-state index in [1.54, 1.807) is 0 Å². The molecule has 0 N–H and O–H groups in total. The average Bonchev–Trinajstić information content (AvgIpc) is 3.12. The Morgan fingerprint density at radius 1 is 1.48 bits per heavy atom. The first-order valence-corrected chi connectivity index (χ1v) is 7.89. The van der Waals surface area contributed by atoms with Crippen molar-refractivity contribution < 1.29 is 4.74 Å². The number of imidazole rings is 1. The summed E-state index contributed by atoms with van der Waals surface area (Å²) < 4.78 is 7.66. The summed E-state index contributed by atoms with van der Waals surface area (Å²) in [6.07, 6.45) is 2.95. The summed E-state index contributed by atoms with van der Waals surface area (Å²) >= 11 is 5.90. The van der Waals surface area contributed by atoms with Crippen LogP contribution in [0.2, 0.25) is 0 Å². The molecule has 1 aromatic carbocycles. The topological polar surface area (TPSA) is 50.8 Å². The van der Waals surface area contributed by atoms with Gasteiger partial charge in [0.15, 0.2) is 0 Å². The first-order chi connectivity index (χ1) is 10.3. The van der Waals surface area contributed by atoms with E-state index in [2.05, 4.69) is 15.6 Å². The Morgan fingerprint density at radius 2 is 2.38 bits per heavy atom. The number of benzene rings is 1. The molecule has 3 rings (SSSR count). The van der Waals surface area contributed by atoms with Crippen molar-refractivity contribution in [1.29, 1.82) is 5.26 Å². The van der Waals surface area contributed by atoms with Crippen LogP contribution >= 0.6 is 11.6 Å². The van der Waals surface area contributed by atoms with Crippen LogP contribution in [0.3, 0.4) is 0 Å². The molecule has 0 radical (unpaired) electrons. The fraction of sp³-hybridized carbons (Fsp3) is 0.500. The predicted octanol–water partition coefficient (Wildman–Crippen LogP) is 3.12. The maximum atomic E-state index is 9.23. The average molecular weight is 304 g/mol. The van der Waals surface area contributed by atoms with Crippen molar-refractivity contribution in [2.45, 2.75) is 25.8 Å². The third-order valence-electron chi connectivity index (χ3n) is 4.08. The molecule has 1 fully saturated rings. The third kappa shape index (κ3) is 2.90. The maximum absolute atomic E-state index is 9.23. The first-order valence-electron chi connectivity index (χ1n) is 7.35. The van der Waals surface area contributed by atoms with Gasteiger partial charge in [-0.2, -0.15) is 5.26 Å². The summed E-state index contributed by atoms with van der Waals surface area (Å²) in [4.78, 5) is 4.64. The Labute approximate surface area is 129 Å². The summed E-state index contributed by atoms with van der Waals surface area (Å²) in [5, 5.41) is 9.23. The van der Waals surface area contributed by atoms with Crippen molar-refractivity contribution in [1.82, 2.24) is 9.55 Å². The van der Waals surface area contributed by atoms with E-state index in [1.165, 1.54) is 0 Å². The SMILES string of the molecule is N#Cc1cccc2c1nc(CCCl)n2CCC1CCOC1. The van der Waals surface area contributed by atoms with Crippen LogP contribution in [0.4, 0.5) is 0 Å². The van der Waals surface area contributed by atoms with Crippen molar-refractivity contribution in [3.63, 3.8) is 0 Å². The van der Waals surface area contributed by atoms with E-state index < -0.39 is 0 Å². The van der Waals surface area contributed by atoms with E-state index in [0.717, 1.165) is 55.9 Å². The van der Waals surface area contributed by atoms with Crippen molar-refractivity contribution in [3.8, 4) is 6.07 Å². The number of hydrogen-bond acceptors (Lipinski definition) is 3. The van der Waals surface area contributed by atoms with Gasteiger partial charge in [0, 0.05) is 32.1 Å². The number of fused-ring (bicyclic) bond motifs is 1. The lowest BCUT2D eigenvalue weighted by atomic mass is 10.1. The highest BCUT2D eigenvalue weighted by Crippen LogP contribution is 2.23. The quantitative estimate of drug-likeness (QED) is 0.797. The number of ether oxygens (including phenoxy) is 1. The summed E-state index contributed by atoms with van der Waals surface area (Å²) in [7, 11) is 0. The number of halogens is 1. The van der Waals surface area contributed by atoms with Crippen LogP contribution in [-0.4, -0.2) is 28.6 Å². The fourth-order valence-corrected chi connectivity index (χ4v) is 3.10. The molecule has 4 nitrogen and oxygen atoms in total. The summed E-state index contributed by atoms with van der Waals surface area (Å²) in [5.41, 5.74) is 2.46. The number of alkyl halides is 1. The zero-order chi connectivity index (χ0) is 14.7. The standard InChI is InChI=1S/C16H18ClN3O/c17-7-4-15-19-16-13(10-18)2-1-3-14(16)20(15)8-5-12-6-9-21-11-12/h1-3,12H,4-9,11H2. The Bertz CT molecular complexity index is 668. The monoisotopic (exact) mass is 303 g/mol. The molecule has 1 aliphatic rings. The van der Waals surface area contributed by atoms with Gasteiger partial charge in [0.05, 0.1) is 11.1 Å². The van der Waals surface area contributed by atoms with Gasteiger partial charge in [0.1, 0.15) is 17.4 Å². The van der Waals surface area contributed by atoms with Crippen LogP contribution in [0.15, 0.2) is 18.2 Å². The second-order valence-electron chi connectivity index (χ2n) is 5.42. The van der Waals surface area contributed by atoms with Gasteiger partial charge >= 0.3 is 0 Å². The van der Waals surface area contributed by atoms with Crippen LogP contribution in [0, 0.1) is 17.2 Å². The first kappa shape index (κ1) is 14.4. The summed E-state index contributed by atoms with van der Waals surface area (Å²) in [6.45, 7) is 2.65. The molecule has 2 aromatic rings. The zero-order valence-corrected chi connectivity index (χ0v) is 12.6. The molecule has 5 heteroatoms. The van der Waals surface area contributed by atoms with Crippen molar-refractivity contribution in [3.05, 3.63) is 29.6 Å². The summed E-state index contributed by atoms with van der Waals surface area (Å²) in [5.74, 6) is 2.14. The van der Waals surface area contributed by atoms with Crippen molar-refractivity contribution in [2.75, 3.05) is 19.1 Å². The maximum Gasteiger partial charge on any atom is 0.111 e. The molecule has 0 aliphatic carbocycles. The Hall–Kier alpha value is -1.57. The third-order valence-corrected chi connectivity index (χ3v) is 4.27. The molecule has 0 bridgehead atoms. The molecule has 2 heterocycles. The molecule has 1 unspecified atom stereocenters. The fourth-order valence-electron chi connectivity index (χ4n) is 2.93. The summed E-state index contributed by atoms with van der Waals surface area (Å²) in [6, 6.07) is 7.99. The number of rotatable bonds is 5. The molecule has 0 saturated carbocycles. The number of nitrogens with zero attached hydrogens (tertiary/aromatic N) is 3. The molecule has 1 atom stereocenters. The number of aryl methyl sites for hydroxylation is 2. The normalized spacial score (nSPS) is 18.2. The minimum atomic E-state index is 0.539. The van der Waals surface area contributed by atoms with Crippen LogP contribution in [-0.2, 0) is 17.7 Å². The van der Waals surface area contributed by atoms with E-state index in [4.69, 9.17) is 16.3 Å². The van der Waals surface area contributed by atoms with E-state index in [9.17, 15) is 5.26 Å². The van der Waals surface area contributed by atoms with E-state index in [-0.39, 0.29) is 0 Å². The molecule has 1 aliphatic heterocycles. The van der Waals surface area contributed by atoms with Gasteiger partial charge in [-0.15, -0.1) is 11.6 Å². The van der Waals surface area contributed by atoms with Gasteiger partial charge in [-0.05, 0) is 30.9 Å². The largest absolute Gasteiger partial charge is 0.381 e. The highest BCUT2D eigenvalue weighted by Gasteiger charge is 2.18. The van der Waals surface area contributed by atoms with E-state index in [1.807, 2.05) is 18.2 Å². The van der Waals surface area contributed by atoms with Gasteiger partial charge in [-0.1, -0.05) is 6.07 Å². The zero-order valence-electron chi connectivity index (χ0n) is 11.9. The van der Waals surface area contributed by atoms with Crippen molar-refractivity contribution in [2.24, 2.45) is 5.92 Å². The van der Waals surface area contributed by atoms with Gasteiger partial charge < -0.3 is 9.30 Å². The van der Waals surface area contributed by atoms with Crippen LogP contribution in [0.1, 0.15) is 24.2 Å². The number of nitriles is 1. The van der Waals surface area contributed by atoms with Crippen LogP contribution in [0.25, 0.3) is 11.0 Å². The van der Waals surface area contributed by atoms with Gasteiger partial charge in [0.25, 0.3) is 0 Å². The Balaban J connectivity index is 1.93. The highest BCUT2D eigenvalue weighted by atomic mass is 35.5. The van der Waals surface area contributed by atoms with Crippen molar-refractivity contribution >= 4 is 22.6 Å². The smallest absolute Gasteiger partial charge is 0.111 e. The molecule has 110 valence electrons. The molecule has 0 amide bonds. The number of para-hydroxylation sites is 1. The Morgan fingerprint density at radius 3 is 3.10 bits per heavy atom. The molecule has 1 saturated heterocycles. The van der Waals surface area contributed by atoms with Gasteiger partial charge in [-0.3, -0.25) is 0 Å². The number of aromatic nitrogens is 2. The minimum absolute atomic E-state index is 0.539. The van der Waals surface area contributed by atoms with Crippen LogP contribution < -0.4 is 0 Å². The van der Waals surface area contributed by atoms with E-state index >= 15 is 0 Å². The molecular weight excluding hydrogens is 286 g/mol. The molecular formula is C16H18ClN3O. The molecule has 1 aromatic heterocycles. The second kappa shape index (κ2) is 6.46. The lowest BCUT2D eigenvalue weighted by molar-refractivity contribution is 0.183. The van der Waals surface area contributed by atoms with E-state index in [0.29, 0.717) is 17.4 Å². The van der Waals surface area contributed by atoms with Crippen LogP contribution in [0.5, 0.6) is 0 Å². The molecule has 21 heavy (non-hydrogen) atoms. The minimum Gasteiger partial charge on any atom is -0.381 e. The highest BCUT2D eigenvalue weighted by molar-refractivity contribution is 6.17. The van der Waals surface area contributed by atoms with Gasteiger partial charge in [0.2, 0.25) is 0 Å². The number of hydrogen-bond donors (Lipinski definition) is 0. The van der Waals surface area contributed by atoms with Gasteiger partial charge in [-0.25, -0.2) is 4.98 Å². The second-order valence-corrected chi connectivity index (χ2v) is 5.80. The lowest BCUT2D eigenvalue weighted by Crippen LogP contribution is -2.09. The Kier molecular flexibility index (Phi) is 4.42. The lowest BCUT2D eigenvalue weighted by Gasteiger charge is -2.11. The predicted molar refractivity (Wildman–Crippen MR) is 82.4 cm³/mol. The molecule has 0 spiro atoms.